The van der Waals surface area contributed by atoms with Crippen molar-refractivity contribution in [2.24, 2.45) is 0 Å². The summed E-state index contributed by atoms with van der Waals surface area (Å²) in [6, 6.07) is 9.27. The fourth-order valence-electron chi connectivity index (χ4n) is 1.21. The lowest BCUT2D eigenvalue weighted by Gasteiger charge is -2.17. The van der Waals surface area contributed by atoms with Gasteiger partial charge in [-0.1, -0.05) is 18.2 Å². The minimum absolute atomic E-state index is 0.115. The molecule has 0 saturated carbocycles. The average molecular weight is 222 g/mol. The zero-order valence-electron chi connectivity index (χ0n) is 9.66. The van der Waals surface area contributed by atoms with Crippen LogP contribution in [-0.4, -0.2) is 29.7 Å². The predicted octanol–water partition coefficient (Wildman–Crippen LogP) is 0.986. The number of para-hydroxylation sites is 1. The first-order valence-electron chi connectivity index (χ1n) is 5.25. The van der Waals surface area contributed by atoms with Gasteiger partial charge in [0.2, 0.25) is 5.91 Å². The molecule has 4 heteroatoms. The largest absolute Gasteiger partial charge is 0.389 e. The zero-order chi connectivity index (χ0) is 12.0. The van der Waals surface area contributed by atoms with Crippen molar-refractivity contribution < 1.29 is 9.90 Å². The Morgan fingerprint density at radius 3 is 2.50 bits per heavy atom. The molecular formula is C12H18N2O2. The van der Waals surface area contributed by atoms with Crippen LogP contribution in [0.5, 0.6) is 0 Å². The second kappa shape index (κ2) is 5.63. The van der Waals surface area contributed by atoms with E-state index >= 15 is 0 Å². The lowest BCUT2D eigenvalue weighted by Crippen LogP contribution is -2.38. The average Bonchev–Trinajstić information content (AvgIpc) is 2.17. The number of rotatable bonds is 5. The van der Waals surface area contributed by atoms with E-state index in [2.05, 4.69) is 10.6 Å². The summed E-state index contributed by atoms with van der Waals surface area (Å²) in [5.74, 6) is -0.115. The molecule has 0 bridgehead atoms. The molecule has 0 fully saturated rings. The Morgan fingerprint density at radius 2 is 1.94 bits per heavy atom. The van der Waals surface area contributed by atoms with Crippen molar-refractivity contribution in [3.05, 3.63) is 30.3 Å². The van der Waals surface area contributed by atoms with Crippen molar-refractivity contribution in [1.82, 2.24) is 5.32 Å². The van der Waals surface area contributed by atoms with Crippen LogP contribution in [0.1, 0.15) is 13.8 Å². The van der Waals surface area contributed by atoms with E-state index in [1.165, 1.54) is 0 Å². The van der Waals surface area contributed by atoms with Gasteiger partial charge in [0.15, 0.2) is 0 Å². The van der Waals surface area contributed by atoms with Crippen LogP contribution in [0.3, 0.4) is 0 Å². The fourth-order valence-corrected chi connectivity index (χ4v) is 1.21. The molecule has 0 aliphatic carbocycles. The molecule has 88 valence electrons. The summed E-state index contributed by atoms with van der Waals surface area (Å²) in [7, 11) is 0. The molecule has 1 aromatic carbocycles. The molecule has 16 heavy (non-hydrogen) atoms. The summed E-state index contributed by atoms with van der Waals surface area (Å²) in [4.78, 5) is 11.4. The first kappa shape index (κ1) is 12.7. The lowest BCUT2D eigenvalue weighted by atomic mass is 10.1. The molecule has 3 N–H and O–H groups in total. The SMILES string of the molecule is CC(C)(O)CNCC(=O)Nc1ccccc1. The highest BCUT2D eigenvalue weighted by Crippen LogP contribution is 2.04. The number of nitrogens with one attached hydrogen (secondary N) is 2. The number of aliphatic hydroxyl groups is 1. The highest BCUT2D eigenvalue weighted by atomic mass is 16.3. The van der Waals surface area contributed by atoms with Gasteiger partial charge in [0.25, 0.3) is 0 Å². The van der Waals surface area contributed by atoms with Gasteiger partial charge in [-0.05, 0) is 26.0 Å². The quantitative estimate of drug-likeness (QED) is 0.696. The van der Waals surface area contributed by atoms with Gasteiger partial charge in [0, 0.05) is 12.2 Å². The maximum absolute atomic E-state index is 11.4. The number of carbonyl (C=O) groups is 1. The van der Waals surface area contributed by atoms with E-state index in [1.807, 2.05) is 30.3 Å². The third-order valence-corrected chi connectivity index (χ3v) is 1.90. The summed E-state index contributed by atoms with van der Waals surface area (Å²) in [6.45, 7) is 3.96. The van der Waals surface area contributed by atoms with E-state index in [9.17, 15) is 9.90 Å². The molecule has 1 rings (SSSR count). The molecule has 1 aromatic rings. The minimum atomic E-state index is -0.799. The van der Waals surface area contributed by atoms with E-state index < -0.39 is 5.60 Å². The van der Waals surface area contributed by atoms with Crippen LogP contribution in [0.15, 0.2) is 30.3 Å². The van der Waals surface area contributed by atoms with Crippen LogP contribution in [-0.2, 0) is 4.79 Å². The van der Waals surface area contributed by atoms with Crippen molar-refractivity contribution >= 4 is 11.6 Å². The lowest BCUT2D eigenvalue weighted by molar-refractivity contribution is -0.115. The number of carbonyl (C=O) groups excluding carboxylic acids is 1. The van der Waals surface area contributed by atoms with Crippen LogP contribution >= 0.6 is 0 Å². The Balaban J connectivity index is 2.27. The molecule has 0 atom stereocenters. The van der Waals surface area contributed by atoms with E-state index in [0.717, 1.165) is 5.69 Å². The smallest absolute Gasteiger partial charge is 0.238 e. The van der Waals surface area contributed by atoms with E-state index in [1.54, 1.807) is 13.8 Å². The zero-order valence-corrected chi connectivity index (χ0v) is 9.66. The first-order chi connectivity index (χ1) is 7.47. The number of amides is 1. The molecule has 0 spiro atoms. The Bertz CT molecular complexity index is 331. The number of anilines is 1. The van der Waals surface area contributed by atoms with Gasteiger partial charge in [0.05, 0.1) is 12.1 Å². The van der Waals surface area contributed by atoms with Crippen LogP contribution in [0.4, 0.5) is 5.69 Å². The molecule has 0 saturated heterocycles. The highest BCUT2D eigenvalue weighted by molar-refractivity contribution is 5.92. The normalized spacial score (nSPS) is 11.2. The van der Waals surface area contributed by atoms with Crippen molar-refractivity contribution in [1.29, 1.82) is 0 Å². The van der Waals surface area contributed by atoms with Crippen molar-refractivity contribution in [2.45, 2.75) is 19.4 Å². The third-order valence-electron chi connectivity index (χ3n) is 1.90. The van der Waals surface area contributed by atoms with Crippen molar-refractivity contribution in [3.63, 3.8) is 0 Å². The number of hydrogen-bond acceptors (Lipinski definition) is 3. The predicted molar refractivity (Wildman–Crippen MR) is 64.2 cm³/mol. The second-order valence-electron chi connectivity index (χ2n) is 4.33. The molecule has 0 aromatic heterocycles. The Hall–Kier alpha value is -1.39. The maximum atomic E-state index is 11.4. The standard InChI is InChI=1S/C12H18N2O2/c1-12(2,16)9-13-8-11(15)14-10-6-4-3-5-7-10/h3-7,13,16H,8-9H2,1-2H3,(H,14,15). The molecule has 0 radical (unpaired) electrons. The summed E-state index contributed by atoms with van der Waals surface area (Å²) in [5.41, 5.74) is -0.0231. The molecule has 0 aliphatic heterocycles. The summed E-state index contributed by atoms with van der Waals surface area (Å²) in [6.07, 6.45) is 0. The van der Waals surface area contributed by atoms with Gasteiger partial charge in [-0.25, -0.2) is 0 Å². The molecule has 0 aliphatic rings. The highest BCUT2D eigenvalue weighted by Gasteiger charge is 2.12. The van der Waals surface area contributed by atoms with Crippen molar-refractivity contribution in [2.75, 3.05) is 18.4 Å². The van der Waals surface area contributed by atoms with Gasteiger partial charge in [-0.15, -0.1) is 0 Å². The van der Waals surface area contributed by atoms with Crippen LogP contribution in [0, 0.1) is 0 Å². The Morgan fingerprint density at radius 1 is 1.31 bits per heavy atom. The first-order valence-corrected chi connectivity index (χ1v) is 5.25. The minimum Gasteiger partial charge on any atom is -0.389 e. The maximum Gasteiger partial charge on any atom is 0.238 e. The molecule has 4 nitrogen and oxygen atoms in total. The van der Waals surface area contributed by atoms with Crippen LogP contribution in [0.2, 0.25) is 0 Å². The second-order valence-corrected chi connectivity index (χ2v) is 4.33. The molecule has 0 unspecified atom stereocenters. The van der Waals surface area contributed by atoms with Gasteiger partial charge in [-0.2, -0.15) is 0 Å². The van der Waals surface area contributed by atoms with Gasteiger partial charge < -0.3 is 15.7 Å². The summed E-state index contributed by atoms with van der Waals surface area (Å²) < 4.78 is 0. The fraction of sp³-hybridized carbons (Fsp3) is 0.417. The molecule has 1 amide bonds. The Labute approximate surface area is 95.7 Å². The van der Waals surface area contributed by atoms with Gasteiger partial charge in [0.1, 0.15) is 0 Å². The van der Waals surface area contributed by atoms with E-state index in [-0.39, 0.29) is 12.5 Å². The van der Waals surface area contributed by atoms with E-state index in [4.69, 9.17) is 0 Å². The van der Waals surface area contributed by atoms with E-state index in [0.29, 0.717) is 6.54 Å². The summed E-state index contributed by atoms with van der Waals surface area (Å²) >= 11 is 0. The monoisotopic (exact) mass is 222 g/mol. The van der Waals surface area contributed by atoms with Crippen LogP contribution < -0.4 is 10.6 Å². The Kier molecular flexibility index (Phi) is 4.46. The third kappa shape index (κ3) is 5.48. The molecular weight excluding hydrogens is 204 g/mol. The number of hydrogen-bond donors (Lipinski definition) is 3. The van der Waals surface area contributed by atoms with Crippen LogP contribution in [0.25, 0.3) is 0 Å². The molecule has 0 heterocycles. The topological polar surface area (TPSA) is 61.4 Å². The number of benzene rings is 1. The van der Waals surface area contributed by atoms with Gasteiger partial charge >= 0.3 is 0 Å². The van der Waals surface area contributed by atoms with Gasteiger partial charge in [-0.3, -0.25) is 4.79 Å². The summed E-state index contributed by atoms with van der Waals surface area (Å²) in [5, 5.41) is 15.1. The van der Waals surface area contributed by atoms with Crippen molar-refractivity contribution in [3.8, 4) is 0 Å².